The summed E-state index contributed by atoms with van der Waals surface area (Å²) in [5.41, 5.74) is 2.06. The van der Waals surface area contributed by atoms with Gasteiger partial charge in [0, 0.05) is 25.3 Å². The highest BCUT2D eigenvalue weighted by Crippen LogP contribution is 2.33. The molecule has 0 saturated carbocycles. The number of hydrogen-bond acceptors (Lipinski definition) is 6. The van der Waals surface area contributed by atoms with Gasteiger partial charge in [-0.25, -0.2) is 0 Å². The van der Waals surface area contributed by atoms with Crippen LogP contribution < -0.4 is 20.3 Å². The van der Waals surface area contributed by atoms with Crippen molar-refractivity contribution in [2.45, 2.75) is 0 Å². The SMILES string of the molecule is c1ccc(Oc2ccc(N3CCOCC3)cc2NC2=NCCN2)cc1. The van der Waals surface area contributed by atoms with Gasteiger partial charge >= 0.3 is 0 Å². The van der Waals surface area contributed by atoms with Crippen molar-refractivity contribution in [2.75, 3.05) is 49.6 Å². The molecule has 25 heavy (non-hydrogen) atoms. The molecule has 0 spiro atoms. The molecule has 1 fully saturated rings. The number of rotatable bonds is 4. The summed E-state index contributed by atoms with van der Waals surface area (Å²) in [6.45, 7) is 4.98. The molecule has 6 nitrogen and oxygen atoms in total. The number of guanidine groups is 1. The zero-order valence-corrected chi connectivity index (χ0v) is 14.1. The largest absolute Gasteiger partial charge is 0.455 e. The Morgan fingerprint density at radius 2 is 1.92 bits per heavy atom. The molecule has 0 aliphatic carbocycles. The molecule has 2 heterocycles. The van der Waals surface area contributed by atoms with Crippen molar-refractivity contribution in [1.82, 2.24) is 5.32 Å². The number of anilines is 2. The Kier molecular flexibility index (Phi) is 4.70. The van der Waals surface area contributed by atoms with Crippen LogP contribution in [-0.4, -0.2) is 45.4 Å². The number of benzene rings is 2. The number of para-hydroxylation sites is 1. The van der Waals surface area contributed by atoms with E-state index in [-0.39, 0.29) is 0 Å². The Labute approximate surface area is 147 Å². The molecule has 2 aromatic carbocycles. The van der Waals surface area contributed by atoms with E-state index in [1.54, 1.807) is 0 Å². The van der Waals surface area contributed by atoms with Crippen molar-refractivity contribution in [3.05, 3.63) is 48.5 Å². The van der Waals surface area contributed by atoms with Crippen LogP contribution >= 0.6 is 0 Å². The predicted octanol–water partition coefficient (Wildman–Crippen LogP) is 2.69. The Balaban J connectivity index is 1.61. The van der Waals surface area contributed by atoms with Crippen molar-refractivity contribution >= 4 is 17.3 Å². The van der Waals surface area contributed by atoms with E-state index in [0.29, 0.717) is 0 Å². The lowest BCUT2D eigenvalue weighted by molar-refractivity contribution is 0.122. The van der Waals surface area contributed by atoms with Gasteiger partial charge in [-0.3, -0.25) is 4.99 Å². The Bertz CT molecular complexity index is 742. The van der Waals surface area contributed by atoms with Gasteiger partial charge in [0.1, 0.15) is 5.75 Å². The first-order valence-corrected chi connectivity index (χ1v) is 8.63. The van der Waals surface area contributed by atoms with E-state index < -0.39 is 0 Å². The van der Waals surface area contributed by atoms with Crippen LogP contribution in [0.4, 0.5) is 11.4 Å². The first-order chi connectivity index (χ1) is 12.4. The molecule has 4 rings (SSSR count). The number of nitrogens with zero attached hydrogens (tertiary/aromatic N) is 2. The monoisotopic (exact) mass is 338 g/mol. The summed E-state index contributed by atoms with van der Waals surface area (Å²) >= 11 is 0. The van der Waals surface area contributed by atoms with Gasteiger partial charge < -0.3 is 25.0 Å². The van der Waals surface area contributed by atoms with Crippen LogP contribution in [0.1, 0.15) is 0 Å². The van der Waals surface area contributed by atoms with Crippen LogP contribution in [0, 0.1) is 0 Å². The molecule has 2 aliphatic heterocycles. The van der Waals surface area contributed by atoms with E-state index >= 15 is 0 Å². The molecule has 0 bridgehead atoms. The third kappa shape index (κ3) is 3.85. The maximum absolute atomic E-state index is 6.07. The minimum atomic E-state index is 0.763. The van der Waals surface area contributed by atoms with Gasteiger partial charge in [0.15, 0.2) is 11.7 Å². The fourth-order valence-corrected chi connectivity index (χ4v) is 2.95. The summed E-state index contributed by atoms with van der Waals surface area (Å²) in [7, 11) is 0. The van der Waals surface area contributed by atoms with Crippen molar-refractivity contribution in [3.8, 4) is 11.5 Å². The highest BCUT2D eigenvalue weighted by molar-refractivity contribution is 5.96. The number of nitrogens with one attached hydrogen (secondary N) is 2. The number of ether oxygens (including phenoxy) is 2. The summed E-state index contributed by atoms with van der Waals surface area (Å²) in [5, 5.41) is 6.61. The smallest absolute Gasteiger partial charge is 0.196 e. The number of morpholine rings is 1. The second-order valence-electron chi connectivity index (χ2n) is 5.98. The van der Waals surface area contributed by atoms with E-state index in [0.717, 1.165) is 68.2 Å². The van der Waals surface area contributed by atoms with Gasteiger partial charge in [-0.1, -0.05) is 18.2 Å². The van der Waals surface area contributed by atoms with Gasteiger partial charge in [-0.05, 0) is 30.3 Å². The third-order valence-electron chi connectivity index (χ3n) is 4.24. The van der Waals surface area contributed by atoms with Crippen LogP contribution in [0.5, 0.6) is 11.5 Å². The first kappa shape index (κ1) is 15.8. The highest BCUT2D eigenvalue weighted by Gasteiger charge is 2.16. The van der Waals surface area contributed by atoms with E-state index in [4.69, 9.17) is 9.47 Å². The second kappa shape index (κ2) is 7.44. The Morgan fingerprint density at radius 1 is 1.08 bits per heavy atom. The fourth-order valence-electron chi connectivity index (χ4n) is 2.95. The average molecular weight is 338 g/mol. The molecule has 2 N–H and O–H groups in total. The van der Waals surface area contributed by atoms with Crippen LogP contribution in [-0.2, 0) is 4.74 Å². The molecular formula is C19H22N4O2. The normalized spacial score (nSPS) is 17.0. The van der Waals surface area contributed by atoms with E-state index in [2.05, 4.69) is 32.7 Å². The van der Waals surface area contributed by atoms with E-state index in [1.165, 1.54) is 0 Å². The zero-order chi connectivity index (χ0) is 16.9. The van der Waals surface area contributed by atoms with Crippen LogP contribution in [0.25, 0.3) is 0 Å². The molecular weight excluding hydrogens is 316 g/mol. The van der Waals surface area contributed by atoms with E-state index in [9.17, 15) is 0 Å². The van der Waals surface area contributed by atoms with E-state index in [1.807, 2.05) is 36.4 Å². The lowest BCUT2D eigenvalue weighted by Crippen LogP contribution is -2.36. The van der Waals surface area contributed by atoms with Crippen LogP contribution in [0.2, 0.25) is 0 Å². The summed E-state index contributed by atoms with van der Waals surface area (Å²) in [5.74, 6) is 2.38. The van der Waals surface area contributed by atoms with Crippen molar-refractivity contribution in [2.24, 2.45) is 4.99 Å². The maximum Gasteiger partial charge on any atom is 0.196 e. The molecule has 2 aromatic rings. The first-order valence-electron chi connectivity index (χ1n) is 8.63. The average Bonchev–Trinajstić information content (AvgIpc) is 3.18. The van der Waals surface area contributed by atoms with Crippen LogP contribution in [0.3, 0.4) is 0 Å². The molecule has 6 heteroatoms. The second-order valence-corrected chi connectivity index (χ2v) is 5.98. The van der Waals surface area contributed by atoms with Crippen LogP contribution in [0.15, 0.2) is 53.5 Å². The van der Waals surface area contributed by atoms with Crippen molar-refractivity contribution in [1.29, 1.82) is 0 Å². The van der Waals surface area contributed by atoms with Gasteiger partial charge in [0.25, 0.3) is 0 Å². The van der Waals surface area contributed by atoms with Crippen molar-refractivity contribution < 1.29 is 9.47 Å². The summed E-state index contributed by atoms with van der Waals surface area (Å²) in [4.78, 5) is 6.75. The summed E-state index contributed by atoms with van der Waals surface area (Å²) < 4.78 is 11.5. The molecule has 130 valence electrons. The quantitative estimate of drug-likeness (QED) is 0.898. The standard InChI is InChI=1S/C19H22N4O2/c1-2-4-16(5-3-1)25-18-7-6-15(23-10-12-24-13-11-23)14-17(18)22-19-20-8-9-21-19/h1-7,14H,8-13H2,(H2,20,21,22). The van der Waals surface area contributed by atoms with Gasteiger partial charge in [0.2, 0.25) is 0 Å². The lowest BCUT2D eigenvalue weighted by atomic mass is 10.2. The Morgan fingerprint density at radius 3 is 2.68 bits per heavy atom. The number of aliphatic imine (C=N–C) groups is 1. The summed E-state index contributed by atoms with van der Waals surface area (Å²) in [6, 6.07) is 16.0. The van der Waals surface area contributed by atoms with Gasteiger partial charge in [-0.15, -0.1) is 0 Å². The molecule has 0 aromatic heterocycles. The maximum atomic E-state index is 6.07. The Hall–Kier alpha value is -2.73. The van der Waals surface area contributed by atoms with Gasteiger partial charge in [0.05, 0.1) is 25.4 Å². The van der Waals surface area contributed by atoms with Gasteiger partial charge in [-0.2, -0.15) is 0 Å². The molecule has 0 amide bonds. The topological polar surface area (TPSA) is 58.1 Å². The number of hydrogen-bond donors (Lipinski definition) is 2. The minimum Gasteiger partial charge on any atom is -0.455 e. The predicted molar refractivity (Wildman–Crippen MR) is 99.9 cm³/mol. The third-order valence-corrected chi connectivity index (χ3v) is 4.24. The molecule has 0 atom stereocenters. The fraction of sp³-hybridized carbons (Fsp3) is 0.316. The molecule has 2 aliphatic rings. The zero-order valence-electron chi connectivity index (χ0n) is 14.1. The highest BCUT2D eigenvalue weighted by atomic mass is 16.5. The molecule has 1 saturated heterocycles. The lowest BCUT2D eigenvalue weighted by Gasteiger charge is -2.29. The van der Waals surface area contributed by atoms with Crippen molar-refractivity contribution in [3.63, 3.8) is 0 Å². The summed E-state index contributed by atoms with van der Waals surface area (Å²) in [6.07, 6.45) is 0. The molecule has 0 unspecified atom stereocenters. The molecule has 0 radical (unpaired) electrons. The minimum absolute atomic E-state index is 0.763.